The van der Waals surface area contributed by atoms with Crippen molar-refractivity contribution in [2.24, 2.45) is 0 Å². The number of carbonyl (C=O) groups excluding carboxylic acids is 1. The SMILES string of the molecule is O=C(COCC(F)F)Cc1ccccc1. The zero-order valence-corrected chi connectivity index (χ0v) is 8.16. The summed E-state index contributed by atoms with van der Waals surface area (Å²) in [5.41, 5.74) is 0.864. The van der Waals surface area contributed by atoms with Gasteiger partial charge >= 0.3 is 0 Å². The van der Waals surface area contributed by atoms with Crippen LogP contribution in [0.25, 0.3) is 0 Å². The highest BCUT2D eigenvalue weighted by atomic mass is 19.3. The van der Waals surface area contributed by atoms with Crippen LogP contribution in [0.5, 0.6) is 0 Å². The van der Waals surface area contributed by atoms with Crippen molar-refractivity contribution in [1.82, 2.24) is 0 Å². The Morgan fingerprint density at radius 3 is 2.53 bits per heavy atom. The molecule has 0 atom stereocenters. The molecule has 1 aromatic rings. The molecule has 1 aromatic carbocycles. The quantitative estimate of drug-likeness (QED) is 0.724. The topological polar surface area (TPSA) is 26.3 Å². The van der Waals surface area contributed by atoms with Gasteiger partial charge in [0, 0.05) is 6.42 Å². The second kappa shape index (κ2) is 6.24. The third-order valence-corrected chi connectivity index (χ3v) is 1.75. The molecule has 15 heavy (non-hydrogen) atoms. The van der Waals surface area contributed by atoms with E-state index in [4.69, 9.17) is 0 Å². The summed E-state index contributed by atoms with van der Waals surface area (Å²) in [7, 11) is 0. The van der Waals surface area contributed by atoms with Crippen molar-refractivity contribution in [2.45, 2.75) is 12.8 Å². The molecule has 0 aliphatic rings. The Bertz CT molecular complexity index is 299. The first kappa shape index (κ1) is 11.8. The van der Waals surface area contributed by atoms with E-state index in [0.29, 0.717) is 0 Å². The molecule has 0 aliphatic heterocycles. The Morgan fingerprint density at radius 2 is 1.93 bits per heavy atom. The first-order valence-corrected chi connectivity index (χ1v) is 4.60. The molecule has 0 unspecified atom stereocenters. The molecule has 0 fully saturated rings. The fourth-order valence-electron chi connectivity index (χ4n) is 1.14. The number of benzene rings is 1. The molecular weight excluding hydrogens is 202 g/mol. The fourth-order valence-corrected chi connectivity index (χ4v) is 1.14. The lowest BCUT2D eigenvalue weighted by molar-refractivity contribution is -0.124. The van der Waals surface area contributed by atoms with Crippen LogP contribution >= 0.6 is 0 Å². The predicted molar refractivity (Wildman–Crippen MR) is 52.0 cm³/mol. The van der Waals surface area contributed by atoms with Gasteiger partial charge in [0.25, 0.3) is 6.43 Å². The summed E-state index contributed by atoms with van der Waals surface area (Å²) in [6.45, 7) is -0.931. The smallest absolute Gasteiger partial charge is 0.261 e. The van der Waals surface area contributed by atoms with Gasteiger partial charge < -0.3 is 4.74 Å². The fraction of sp³-hybridized carbons (Fsp3) is 0.364. The molecule has 0 radical (unpaired) electrons. The summed E-state index contributed by atoms with van der Waals surface area (Å²) in [6.07, 6.45) is -2.29. The van der Waals surface area contributed by atoms with Gasteiger partial charge in [-0.1, -0.05) is 30.3 Å². The van der Waals surface area contributed by atoms with Crippen molar-refractivity contribution in [3.63, 3.8) is 0 Å². The molecule has 1 rings (SSSR count). The maximum Gasteiger partial charge on any atom is 0.261 e. The third-order valence-electron chi connectivity index (χ3n) is 1.75. The molecule has 82 valence electrons. The number of ether oxygens (including phenoxy) is 1. The zero-order valence-electron chi connectivity index (χ0n) is 8.16. The van der Waals surface area contributed by atoms with Crippen LogP contribution in [0.15, 0.2) is 30.3 Å². The van der Waals surface area contributed by atoms with E-state index in [1.807, 2.05) is 30.3 Å². The van der Waals surface area contributed by atoms with Crippen LogP contribution in [0.1, 0.15) is 5.56 Å². The molecule has 0 amide bonds. The first-order valence-electron chi connectivity index (χ1n) is 4.60. The van der Waals surface area contributed by atoms with Crippen molar-refractivity contribution < 1.29 is 18.3 Å². The van der Waals surface area contributed by atoms with E-state index in [1.54, 1.807) is 0 Å². The van der Waals surface area contributed by atoms with Crippen molar-refractivity contribution in [2.75, 3.05) is 13.2 Å². The zero-order chi connectivity index (χ0) is 11.1. The predicted octanol–water partition coefficient (Wildman–Crippen LogP) is 2.08. The highest BCUT2D eigenvalue weighted by Crippen LogP contribution is 2.01. The molecule has 0 saturated carbocycles. The molecule has 0 aliphatic carbocycles. The van der Waals surface area contributed by atoms with E-state index in [2.05, 4.69) is 4.74 Å². The van der Waals surface area contributed by atoms with Gasteiger partial charge in [-0.2, -0.15) is 0 Å². The lowest BCUT2D eigenvalue weighted by Crippen LogP contribution is -2.14. The van der Waals surface area contributed by atoms with E-state index >= 15 is 0 Å². The third kappa shape index (κ3) is 5.22. The minimum atomic E-state index is -2.52. The van der Waals surface area contributed by atoms with Gasteiger partial charge in [0.1, 0.15) is 13.2 Å². The molecule has 0 N–H and O–H groups in total. The second-order valence-electron chi connectivity index (χ2n) is 3.11. The number of alkyl halides is 2. The summed E-state index contributed by atoms with van der Waals surface area (Å²) >= 11 is 0. The standard InChI is InChI=1S/C11H12F2O2/c12-11(13)8-15-7-10(14)6-9-4-2-1-3-5-9/h1-5,11H,6-8H2. The molecule has 0 saturated heterocycles. The Kier molecular flexibility index (Phi) is 4.90. The van der Waals surface area contributed by atoms with Crippen LogP contribution in [0, 0.1) is 0 Å². The average Bonchev–Trinajstić information content (AvgIpc) is 2.18. The number of Topliss-reactive ketones (excluding diaryl/α,β-unsaturated/α-hetero) is 1. The Labute approximate surface area is 86.9 Å². The summed E-state index contributed by atoms with van der Waals surface area (Å²) in [5, 5.41) is 0. The van der Waals surface area contributed by atoms with Gasteiger partial charge in [-0.25, -0.2) is 8.78 Å². The minimum absolute atomic E-state index is 0.193. The molecule has 0 bridgehead atoms. The normalized spacial score (nSPS) is 10.6. The highest BCUT2D eigenvalue weighted by Gasteiger charge is 2.06. The number of ketones is 1. The van der Waals surface area contributed by atoms with Gasteiger partial charge in [-0.05, 0) is 5.56 Å². The number of halogens is 2. The molecular formula is C11H12F2O2. The maximum absolute atomic E-state index is 11.7. The summed E-state index contributed by atoms with van der Waals surface area (Å²) < 4.78 is 27.9. The van der Waals surface area contributed by atoms with Crippen LogP contribution in [0.4, 0.5) is 8.78 Å². The monoisotopic (exact) mass is 214 g/mol. The van der Waals surface area contributed by atoms with Gasteiger partial charge in [0.15, 0.2) is 5.78 Å². The van der Waals surface area contributed by atoms with E-state index in [9.17, 15) is 13.6 Å². The number of hydrogen-bond acceptors (Lipinski definition) is 2. The maximum atomic E-state index is 11.7. The Morgan fingerprint density at radius 1 is 1.27 bits per heavy atom. The molecule has 0 heterocycles. The van der Waals surface area contributed by atoms with E-state index in [1.165, 1.54) is 0 Å². The minimum Gasteiger partial charge on any atom is -0.368 e. The number of rotatable bonds is 6. The summed E-state index contributed by atoms with van der Waals surface area (Å²) in [6, 6.07) is 9.11. The molecule has 0 aromatic heterocycles. The largest absolute Gasteiger partial charge is 0.368 e. The van der Waals surface area contributed by atoms with Crippen LogP contribution in [-0.2, 0) is 16.0 Å². The Hall–Kier alpha value is -1.29. The molecule has 4 heteroatoms. The van der Waals surface area contributed by atoms with Crippen molar-refractivity contribution in [3.05, 3.63) is 35.9 Å². The Balaban J connectivity index is 2.25. The van der Waals surface area contributed by atoms with E-state index in [0.717, 1.165) is 5.56 Å². The van der Waals surface area contributed by atoms with Gasteiger partial charge in [-0.15, -0.1) is 0 Å². The van der Waals surface area contributed by atoms with Crippen molar-refractivity contribution in [3.8, 4) is 0 Å². The highest BCUT2D eigenvalue weighted by molar-refractivity contribution is 5.81. The lowest BCUT2D eigenvalue weighted by Gasteiger charge is -2.02. The summed E-state index contributed by atoms with van der Waals surface area (Å²) in [4.78, 5) is 11.2. The van der Waals surface area contributed by atoms with Crippen molar-refractivity contribution >= 4 is 5.78 Å². The average molecular weight is 214 g/mol. The first-order chi connectivity index (χ1) is 7.18. The molecule has 2 nitrogen and oxygen atoms in total. The number of carbonyl (C=O) groups is 1. The van der Waals surface area contributed by atoms with Gasteiger partial charge in [0.2, 0.25) is 0 Å². The van der Waals surface area contributed by atoms with Crippen molar-refractivity contribution in [1.29, 1.82) is 0 Å². The van der Waals surface area contributed by atoms with Crippen LogP contribution in [-0.4, -0.2) is 25.4 Å². The van der Waals surface area contributed by atoms with Crippen LogP contribution in [0.3, 0.4) is 0 Å². The van der Waals surface area contributed by atoms with E-state index in [-0.39, 0.29) is 18.8 Å². The second-order valence-corrected chi connectivity index (χ2v) is 3.11. The number of hydrogen-bond donors (Lipinski definition) is 0. The van der Waals surface area contributed by atoms with Crippen LogP contribution < -0.4 is 0 Å². The van der Waals surface area contributed by atoms with E-state index < -0.39 is 13.0 Å². The van der Waals surface area contributed by atoms with Gasteiger partial charge in [-0.3, -0.25) is 4.79 Å². The van der Waals surface area contributed by atoms with Crippen LogP contribution in [0.2, 0.25) is 0 Å². The lowest BCUT2D eigenvalue weighted by atomic mass is 10.1. The molecule has 0 spiro atoms. The van der Waals surface area contributed by atoms with Gasteiger partial charge in [0.05, 0.1) is 0 Å². The summed E-state index contributed by atoms with van der Waals surface area (Å²) in [5.74, 6) is -0.193.